The number of H-pyrrole nitrogens is 1. The van der Waals surface area contributed by atoms with Gasteiger partial charge >= 0.3 is 0 Å². The van der Waals surface area contributed by atoms with E-state index in [0.717, 1.165) is 5.82 Å². The summed E-state index contributed by atoms with van der Waals surface area (Å²) in [5, 5.41) is 12.6. The molecule has 4 N–H and O–H groups in total. The standard InChI is InChI=1S/C2H4N4.H3N/c1-2-3-5-6-4-2;/h1H3,(H,3,4,5,6);1H3. The van der Waals surface area contributed by atoms with Gasteiger partial charge in [-0.1, -0.05) is 0 Å². The number of hydrogen-bond donors (Lipinski definition) is 2. The minimum absolute atomic E-state index is 0. The molecule has 0 saturated carbocycles. The summed E-state index contributed by atoms with van der Waals surface area (Å²) >= 11 is 0. The van der Waals surface area contributed by atoms with Gasteiger partial charge in [-0.15, -0.1) is 5.10 Å². The predicted molar refractivity (Wildman–Crippen MR) is 23.9 cm³/mol. The third kappa shape index (κ3) is 1.27. The molecule has 0 spiro atoms. The minimum Gasteiger partial charge on any atom is -0.344 e. The van der Waals surface area contributed by atoms with Crippen LogP contribution < -0.4 is 6.15 Å². The molecule has 0 fully saturated rings. The lowest BCUT2D eigenvalue weighted by molar-refractivity contribution is 0.881. The van der Waals surface area contributed by atoms with E-state index in [9.17, 15) is 0 Å². The van der Waals surface area contributed by atoms with Crippen molar-refractivity contribution in [1.29, 1.82) is 0 Å². The van der Waals surface area contributed by atoms with Crippen LogP contribution in [0.5, 0.6) is 0 Å². The maximum absolute atomic E-state index is 3.50. The molecule has 1 heterocycles. The van der Waals surface area contributed by atoms with Gasteiger partial charge in [-0.05, 0) is 17.4 Å². The summed E-state index contributed by atoms with van der Waals surface area (Å²) in [6, 6.07) is 0. The Kier molecular flexibility index (Phi) is 1.94. The van der Waals surface area contributed by atoms with Crippen LogP contribution >= 0.6 is 0 Å². The molecular weight excluding hydrogens is 94.1 g/mol. The molecule has 1 rings (SSSR count). The van der Waals surface area contributed by atoms with Crippen LogP contribution in [-0.2, 0) is 0 Å². The molecule has 7 heavy (non-hydrogen) atoms. The average Bonchev–Trinajstić information content (AvgIpc) is 1.86. The molecule has 0 aliphatic carbocycles. The van der Waals surface area contributed by atoms with Gasteiger partial charge in [0.05, 0.1) is 0 Å². The van der Waals surface area contributed by atoms with Crippen molar-refractivity contribution in [3.8, 4) is 0 Å². The fraction of sp³-hybridized carbons (Fsp3) is 0.500. The van der Waals surface area contributed by atoms with Gasteiger partial charge in [0.15, 0.2) is 0 Å². The molecule has 1 aromatic heterocycles. The van der Waals surface area contributed by atoms with Gasteiger partial charge in [-0.25, -0.2) is 5.10 Å². The Labute approximate surface area is 40.7 Å². The first-order chi connectivity index (χ1) is 2.89. The van der Waals surface area contributed by atoms with Crippen molar-refractivity contribution in [2.24, 2.45) is 0 Å². The Balaban J connectivity index is 0.000000360. The quantitative estimate of drug-likeness (QED) is 0.468. The summed E-state index contributed by atoms with van der Waals surface area (Å²) in [6.45, 7) is 1.79. The summed E-state index contributed by atoms with van der Waals surface area (Å²) in [4.78, 5) is 0. The third-order valence-corrected chi connectivity index (χ3v) is 0.451. The Bertz CT molecular complexity index is 110. The SMILES string of the molecule is Cc1nnn[nH]1.N. The number of rotatable bonds is 0. The fourth-order valence-corrected chi connectivity index (χ4v) is 0.207. The van der Waals surface area contributed by atoms with E-state index in [0.29, 0.717) is 0 Å². The zero-order valence-electron chi connectivity index (χ0n) is 4.05. The molecule has 0 aliphatic heterocycles. The lowest BCUT2D eigenvalue weighted by Gasteiger charge is -1.62. The summed E-state index contributed by atoms with van der Waals surface area (Å²) in [6.07, 6.45) is 0. The van der Waals surface area contributed by atoms with Crippen molar-refractivity contribution in [3.05, 3.63) is 5.82 Å². The first-order valence-electron chi connectivity index (χ1n) is 1.60. The van der Waals surface area contributed by atoms with Gasteiger partial charge in [0.2, 0.25) is 0 Å². The van der Waals surface area contributed by atoms with E-state index in [2.05, 4.69) is 20.6 Å². The van der Waals surface area contributed by atoms with Crippen molar-refractivity contribution in [2.75, 3.05) is 0 Å². The topological polar surface area (TPSA) is 89.5 Å². The summed E-state index contributed by atoms with van der Waals surface area (Å²) in [7, 11) is 0. The summed E-state index contributed by atoms with van der Waals surface area (Å²) < 4.78 is 0. The van der Waals surface area contributed by atoms with Crippen LogP contribution in [0.4, 0.5) is 0 Å². The maximum Gasteiger partial charge on any atom is 0.145 e. The van der Waals surface area contributed by atoms with Gasteiger partial charge in [0, 0.05) is 0 Å². The molecule has 0 amide bonds. The average molecular weight is 101 g/mol. The number of tetrazole rings is 1. The predicted octanol–water partition coefficient (Wildman–Crippen LogP) is -0.330. The van der Waals surface area contributed by atoms with Crippen LogP contribution in [-0.4, -0.2) is 20.6 Å². The molecule has 0 saturated heterocycles. The van der Waals surface area contributed by atoms with Crippen molar-refractivity contribution in [2.45, 2.75) is 6.92 Å². The third-order valence-electron chi connectivity index (χ3n) is 0.451. The molecule has 0 aliphatic rings. The number of nitrogens with zero attached hydrogens (tertiary/aromatic N) is 3. The van der Waals surface area contributed by atoms with E-state index in [4.69, 9.17) is 0 Å². The zero-order valence-corrected chi connectivity index (χ0v) is 4.05. The van der Waals surface area contributed by atoms with Gasteiger partial charge in [-0.2, -0.15) is 0 Å². The molecule has 0 radical (unpaired) electrons. The minimum atomic E-state index is 0. The second-order valence-electron chi connectivity index (χ2n) is 0.987. The highest BCUT2D eigenvalue weighted by Crippen LogP contribution is 1.69. The Morgan fingerprint density at radius 1 is 1.57 bits per heavy atom. The van der Waals surface area contributed by atoms with E-state index in [1.165, 1.54) is 0 Å². The fourth-order valence-electron chi connectivity index (χ4n) is 0.207. The Hall–Kier alpha value is -0.970. The molecule has 0 atom stereocenters. The van der Waals surface area contributed by atoms with Gasteiger partial charge < -0.3 is 6.15 Å². The van der Waals surface area contributed by atoms with Crippen LogP contribution in [0.3, 0.4) is 0 Å². The molecule has 5 nitrogen and oxygen atoms in total. The van der Waals surface area contributed by atoms with Gasteiger partial charge in [0.1, 0.15) is 5.82 Å². The summed E-state index contributed by atoms with van der Waals surface area (Å²) in [5.74, 6) is 0.745. The van der Waals surface area contributed by atoms with E-state index >= 15 is 0 Å². The Morgan fingerprint density at radius 2 is 2.29 bits per heavy atom. The smallest absolute Gasteiger partial charge is 0.145 e. The molecule has 5 heteroatoms. The van der Waals surface area contributed by atoms with Crippen molar-refractivity contribution < 1.29 is 0 Å². The lowest BCUT2D eigenvalue weighted by atomic mass is 10.8. The number of nitrogens with one attached hydrogen (secondary N) is 1. The monoisotopic (exact) mass is 101 g/mol. The molecule has 40 valence electrons. The number of aryl methyl sites for hydroxylation is 1. The lowest BCUT2D eigenvalue weighted by Crippen LogP contribution is -1.69. The molecule has 0 bridgehead atoms. The van der Waals surface area contributed by atoms with E-state index in [1.54, 1.807) is 6.92 Å². The first kappa shape index (κ1) is 6.03. The zero-order chi connectivity index (χ0) is 4.41. The van der Waals surface area contributed by atoms with E-state index in [-0.39, 0.29) is 6.15 Å². The van der Waals surface area contributed by atoms with Crippen molar-refractivity contribution >= 4 is 0 Å². The molecular formula is C2H7N5. The van der Waals surface area contributed by atoms with Crippen LogP contribution in [0, 0.1) is 6.92 Å². The van der Waals surface area contributed by atoms with E-state index in [1.807, 2.05) is 0 Å². The highest BCUT2D eigenvalue weighted by Gasteiger charge is 1.77. The molecule has 1 aromatic rings. The second-order valence-corrected chi connectivity index (χ2v) is 0.987. The molecule has 0 unspecified atom stereocenters. The highest BCUT2D eigenvalue weighted by molar-refractivity contribution is 4.63. The number of hydrogen-bond acceptors (Lipinski definition) is 4. The summed E-state index contributed by atoms with van der Waals surface area (Å²) in [5.41, 5.74) is 0. The number of aromatic nitrogens is 4. The van der Waals surface area contributed by atoms with Crippen LogP contribution in [0.15, 0.2) is 0 Å². The second kappa shape index (κ2) is 2.25. The molecule has 0 aromatic carbocycles. The Morgan fingerprint density at radius 3 is 2.43 bits per heavy atom. The van der Waals surface area contributed by atoms with Crippen LogP contribution in [0.2, 0.25) is 0 Å². The maximum atomic E-state index is 3.50. The normalized spacial score (nSPS) is 7.57. The van der Waals surface area contributed by atoms with Crippen LogP contribution in [0.1, 0.15) is 5.82 Å². The van der Waals surface area contributed by atoms with Crippen molar-refractivity contribution in [1.82, 2.24) is 26.8 Å². The van der Waals surface area contributed by atoms with Gasteiger partial charge in [-0.3, -0.25) is 0 Å². The highest BCUT2D eigenvalue weighted by atomic mass is 15.5. The number of aromatic amines is 1. The van der Waals surface area contributed by atoms with Crippen LogP contribution in [0.25, 0.3) is 0 Å². The largest absolute Gasteiger partial charge is 0.344 e. The van der Waals surface area contributed by atoms with Gasteiger partial charge in [0.25, 0.3) is 0 Å². The van der Waals surface area contributed by atoms with Crippen molar-refractivity contribution in [3.63, 3.8) is 0 Å². The van der Waals surface area contributed by atoms with E-state index < -0.39 is 0 Å². The first-order valence-corrected chi connectivity index (χ1v) is 1.60.